The van der Waals surface area contributed by atoms with E-state index in [0.717, 1.165) is 10.7 Å². The van der Waals surface area contributed by atoms with Gasteiger partial charge >= 0.3 is 0 Å². The summed E-state index contributed by atoms with van der Waals surface area (Å²) in [6.45, 7) is 4.17. The molecule has 0 aliphatic carbocycles. The Morgan fingerprint density at radius 2 is 2.21 bits per heavy atom. The largest absolute Gasteiger partial charge is 0.389 e. The Bertz CT molecular complexity index is 445. The second-order valence-electron chi connectivity index (χ2n) is 3.10. The molecule has 0 bridgehead atoms. The van der Waals surface area contributed by atoms with Crippen LogP contribution < -0.4 is 0 Å². The first-order valence-electron chi connectivity index (χ1n) is 4.34. The number of thiazole rings is 1. The number of hydrogen-bond donors (Lipinski definition) is 1. The molecule has 1 N–H and O–H groups in total. The molecule has 14 heavy (non-hydrogen) atoms. The number of aryl methyl sites for hydroxylation is 2. The van der Waals surface area contributed by atoms with Gasteiger partial charge in [-0.2, -0.15) is 0 Å². The SMILES string of the molecule is Cc1ccsc1-c1nc(CO)sc1C. The molecule has 2 aromatic heterocycles. The van der Waals surface area contributed by atoms with Crippen LogP contribution in [0.5, 0.6) is 0 Å². The van der Waals surface area contributed by atoms with Gasteiger partial charge in [0.25, 0.3) is 0 Å². The topological polar surface area (TPSA) is 33.1 Å². The molecule has 0 aliphatic rings. The van der Waals surface area contributed by atoms with Gasteiger partial charge in [-0.25, -0.2) is 4.98 Å². The minimum absolute atomic E-state index is 0.0376. The molecular formula is C10H11NOS2. The third-order valence-corrected chi connectivity index (χ3v) is 4.03. The Labute approximate surface area is 90.9 Å². The minimum Gasteiger partial charge on any atom is -0.389 e. The van der Waals surface area contributed by atoms with Crippen molar-refractivity contribution in [2.24, 2.45) is 0 Å². The number of rotatable bonds is 2. The van der Waals surface area contributed by atoms with Gasteiger partial charge in [-0.05, 0) is 30.9 Å². The zero-order valence-electron chi connectivity index (χ0n) is 8.07. The Hall–Kier alpha value is -0.710. The number of aliphatic hydroxyl groups excluding tert-OH is 1. The van der Waals surface area contributed by atoms with Crippen molar-refractivity contribution in [3.63, 3.8) is 0 Å². The van der Waals surface area contributed by atoms with Gasteiger partial charge in [0, 0.05) is 4.88 Å². The fraction of sp³-hybridized carbons (Fsp3) is 0.300. The third kappa shape index (κ3) is 1.61. The van der Waals surface area contributed by atoms with Crippen molar-refractivity contribution in [1.29, 1.82) is 0 Å². The van der Waals surface area contributed by atoms with Gasteiger partial charge in [0.1, 0.15) is 5.01 Å². The Kier molecular flexibility index (Phi) is 2.67. The second kappa shape index (κ2) is 3.81. The van der Waals surface area contributed by atoms with E-state index >= 15 is 0 Å². The summed E-state index contributed by atoms with van der Waals surface area (Å²) < 4.78 is 0. The van der Waals surface area contributed by atoms with Gasteiger partial charge in [0.05, 0.1) is 17.2 Å². The summed E-state index contributed by atoms with van der Waals surface area (Å²) in [5.74, 6) is 0. The molecule has 0 unspecified atom stereocenters. The molecule has 74 valence electrons. The molecule has 2 rings (SSSR count). The van der Waals surface area contributed by atoms with Crippen molar-refractivity contribution in [2.75, 3.05) is 0 Å². The van der Waals surface area contributed by atoms with E-state index in [0.29, 0.717) is 0 Å². The molecule has 0 amide bonds. The van der Waals surface area contributed by atoms with E-state index < -0.39 is 0 Å². The molecular weight excluding hydrogens is 214 g/mol. The highest BCUT2D eigenvalue weighted by atomic mass is 32.1. The summed E-state index contributed by atoms with van der Waals surface area (Å²) in [4.78, 5) is 6.81. The van der Waals surface area contributed by atoms with Crippen LogP contribution in [0.3, 0.4) is 0 Å². The lowest BCUT2D eigenvalue weighted by Crippen LogP contribution is -1.82. The zero-order chi connectivity index (χ0) is 10.1. The van der Waals surface area contributed by atoms with Gasteiger partial charge in [-0.1, -0.05) is 0 Å². The van der Waals surface area contributed by atoms with Crippen LogP contribution in [0.4, 0.5) is 0 Å². The standard InChI is InChI=1S/C10H11NOS2/c1-6-3-4-13-10(6)9-7(2)14-8(5-12)11-9/h3-4,12H,5H2,1-2H3. The van der Waals surface area contributed by atoms with E-state index in [9.17, 15) is 0 Å². The second-order valence-corrected chi connectivity index (χ2v) is 5.31. The number of thiophene rings is 1. The van der Waals surface area contributed by atoms with E-state index in [1.807, 2.05) is 6.92 Å². The molecule has 2 nitrogen and oxygen atoms in total. The summed E-state index contributed by atoms with van der Waals surface area (Å²) >= 11 is 3.27. The minimum atomic E-state index is 0.0376. The average Bonchev–Trinajstić information content (AvgIpc) is 2.72. The zero-order valence-corrected chi connectivity index (χ0v) is 9.71. The van der Waals surface area contributed by atoms with Gasteiger partial charge in [-0.15, -0.1) is 22.7 Å². The van der Waals surface area contributed by atoms with Crippen LogP contribution in [0, 0.1) is 13.8 Å². The van der Waals surface area contributed by atoms with E-state index in [2.05, 4.69) is 23.4 Å². The lowest BCUT2D eigenvalue weighted by Gasteiger charge is -1.95. The van der Waals surface area contributed by atoms with Crippen molar-refractivity contribution in [3.05, 3.63) is 26.9 Å². The van der Waals surface area contributed by atoms with Crippen LogP contribution in [-0.4, -0.2) is 10.1 Å². The Balaban J connectivity index is 2.51. The van der Waals surface area contributed by atoms with Crippen LogP contribution in [0.2, 0.25) is 0 Å². The molecule has 0 saturated heterocycles. The number of aromatic nitrogens is 1. The van der Waals surface area contributed by atoms with Crippen molar-refractivity contribution in [2.45, 2.75) is 20.5 Å². The number of nitrogens with zero attached hydrogens (tertiary/aromatic N) is 1. The normalized spacial score (nSPS) is 10.8. The highest BCUT2D eigenvalue weighted by molar-refractivity contribution is 7.15. The highest BCUT2D eigenvalue weighted by Gasteiger charge is 2.11. The summed E-state index contributed by atoms with van der Waals surface area (Å²) in [6, 6.07) is 2.09. The fourth-order valence-electron chi connectivity index (χ4n) is 1.34. The molecule has 0 atom stereocenters. The van der Waals surface area contributed by atoms with Crippen molar-refractivity contribution in [3.8, 4) is 10.6 Å². The molecule has 2 aromatic rings. The Morgan fingerprint density at radius 3 is 2.71 bits per heavy atom. The van der Waals surface area contributed by atoms with E-state index in [-0.39, 0.29) is 6.61 Å². The van der Waals surface area contributed by atoms with Crippen LogP contribution in [0.25, 0.3) is 10.6 Å². The molecule has 0 aliphatic heterocycles. The van der Waals surface area contributed by atoms with Crippen molar-refractivity contribution < 1.29 is 5.11 Å². The van der Waals surface area contributed by atoms with Crippen LogP contribution in [0.15, 0.2) is 11.4 Å². The maximum atomic E-state index is 8.99. The third-order valence-electron chi connectivity index (χ3n) is 2.05. The quantitative estimate of drug-likeness (QED) is 0.852. The number of hydrogen-bond acceptors (Lipinski definition) is 4. The van der Waals surface area contributed by atoms with E-state index in [1.165, 1.54) is 15.3 Å². The summed E-state index contributed by atoms with van der Waals surface area (Å²) in [5, 5.41) is 11.9. The molecule has 0 saturated carbocycles. The Morgan fingerprint density at radius 1 is 1.43 bits per heavy atom. The average molecular weight is 225 g/mol. The lowest BCUT2D eigenvalue weighted by molar-refractivity contribution is 0.281. The smallest absolute Gasteiger partial charge is 0.119 e. The molecule has 0 radical (unpaired) electrons. The fourth-order valence-corrected chi connectivity index (χ4v) is 3.18. The van der Waals surface area contributed by atoms with Crippen LogP contribution in [-0.2, 0) is 6.61 Å². The van der Waals surface area contributed by atoms with Gasteiger partial charge in [-0.3, -0.25) is 0 Å². The summed E-state index contributed by atoms with van der Waals surface area (Å²) in [7, 11) is 0. The number of aliphatic hydroxyl groups is 1. The van der Waals surface area contributed by atoms with E-state index in [1.54, 1.807) is 22.7 Å². The first-order chi connectivity index (χ1) is 6.72. The van der Waals surface area contributed by atoms with Crippen LogP contribution in [0.1, 0.15) is 15.4 Å². The van der Waals surface area contributed by atoms with E-state index in [4.69, 9.17) is 5.11 Å². The van der Waals surface area contributed by atoms with Crippen molar-refractivity contribution in [1.82, 2.24) is 4.98 Å². The first-order valence-corrected chi connectivity index (χ1v) is 6.03. The molecule has 0 spiro atoms. The van der Waals surface area contributed by atoms with Gasteiger partial charge in [0.15, 0.2) is 0 Å². The summed E-state index contributed by atoms with van der Waals surface area (Å²) in [5.41, 5.74) is 2.29. The molecule has 0 fully saturated rings. The van der Waals surface area contributed by atoms with Crippen LogP contribution >= 0.6 is 22.7 Å². The van der Waals surface area contributed by atoms with Gasteiger partial charge < -0.3 is 5.11 Å². The lowest BCUT2D eigenvalue weighted by atomic mass is 10.2. The maximum Gasteiger partial charge on any atom is 0.119 e. The van der Waals surface area contributed by atoms with Crippen molar-refractivity contribution >= 4 is 22.7 Å². The summed E-state index contributed by atoms with van der Waals surface area (Å²) in [6.07, 6.45) is 0. The highest BCUT2D eigenvalue weighted by Crippen LogP contribution is 2.33. The van der Waals surface area contributed by atoms with Gasteiger partial charge in [0.2, 0.25) is 0 Å². The molecule has 0 aromatic carbocycles. The first kappa shape index (κ1) is 9.83. The molecule has 4 heteroatoms. The predicted octanol–water partition coefficient (Wildman–Crippen LogP) is 2.98. The monoisotopic (exact) mass is 225 g/mol. The molecule has 2 heterocycles. The predicted molar refractivity (Wildman–Crippen MR) is 60.8 cm³/mol. The maximum absolute atomic E-state index is 8.99.